The van der Waals surface area contributed by atoms with E-state index in [1.54, 1.807) is 0 Å². The summed E-state index contributed by atoms with van der Waals surface area (Å²) in [5.41, 5.74) is -0.0257. The van der Waals surface area contributed by atoms with E-state index in [4.69, 9.17) is 0 Å². The summed E-state index contributed by atoms with van der Waals surface area (Å²) in [5, 5.41) is 0. The van der Waals surface area contributed by atoms with Gasteiger partial charge in [-0.15, -0.1) is 0 Å². The Kier molecular flexibility index (Phi) is 4.70. The minimum absolute atomic E-state index is 0.0257. The topological polar surface area (TPSA) is 35.5 Å². The summed E-state index contributed by atoms with van der Waals surface area (Å²) in [7, 11) is 0. The van der Waals surface area contributed by atoms with E-state index >= 15 is 0 Å². The Morgan fingerprint density at radius 1 is 1.11 bits per heavy atom. The Labute approximate surface area is 99.6 Å². The molecule has 0 amide bonds. The summed E-state index contributed by atoms with van der Waals surface area (Å²) < 4.78 is 56.2. The first-order valence-corrected chi connectivity index (χ1v) is 4.64. The third-order valence-corrected chi connectivity index (χ3v) is 1.85. The van der Waals surface area contributed by atoms with Gasteiger partial charge in [-0.2, -0.15) is 17.6 Å². The Hall–Kier alpha value is -2.05. The minimum Gasteiger partial charge on any atom is -0.431 e. The zero-order valence-electron chi connectivity index (χ0n) is 8.91. The standard InChI is InChI=1S/C11H8F4O3/c1-2-7(16)6-3-4-8(17-10(12)13)9(5-6)18-11(14)15/h2-5,10-11H,1H2. The number of carbonyl (C=O) groups is 1. The van der Waals surface area contributed by atoms with Crippen LogP contribution in [-0.4, -0.2) is 19.0 Å². The fourth-order valence-electron chi connectivity index (χ4n) is 1.16. The minimum atomic E-state index is -3.22. The van der Waals surface area contributed by atoms with Gasteiger partial charge in [0.2, 0.25) is 0 Å². The number of allylic oxidation sites excluding steroid dienone is 1. The Morgan fingerprint density at radius 2 is 1.67 bits per heavy atom. The molecule has 3 nitrogen and oxygen atoms in total. The van der Waals surface area contributed by atoms with E-state index in [0.29, 0.717) is 0 Å². The summed E-state index contributed by atoms with van der Waals surface area (Å²) in [5.74, 6) is -1.78. The smallest absolute Gasteiger partial charge is 0.387 e. The Balaban J connectivity index is 3.11. The Bertz CT molecular complexity index is 446. The lowest BCUT2D eigenvalue weighted by Gasteiger charge is -2.12. The molecule has 7 heteroatoms. The highest BCUT2D eigenvalue weighted by molar-refractivity contribution is 6.04. The number of hydrogen-bond donors (Lipinski definition) is 0. The van der Waals surface area contributed by atoms with Gasteiger partial charge in [-0.05, 0) is 24.3 Å². The molecule has 0 aliphatic carbocycles. The third-order valence-electron chi connectivity index (χ3n) is 1.85. The second-order valence-corrected chi connectivity index (χ2v) is 2.99. The van der Waals surface area contributed by atoms with Gasteiger partial charge in [0, 0.05) is 5.56 Å². The summed E-state index contributed by atoms with van der Waals surface area (Å²) in [4.78, 5) is 11.2. The largest absolute Gasteiger partial charge is 0.431 e. The SMILES string of the molecule is C=CC(=O)c1ccc(OC(F)F)c(OC(F)F)c1. The van der Waals surface area contributed by atoms with Crippen molar-refractivity contribution in [1.29, 1.82) is 0 Å². The molecule has 0 aromatic heterocycles. The molecular weight excluding hydrogens is 256 g/mol. The van der Waals surface area contributed by atoms with Crippen LogP contribution in [0.4, 0.5) is 17.6 Å². The van der Waals surface area contributed by atoms with Crippen molar-refractivity contribution in [3.8, 4) is 11.5 Å². The van der Waals surface area contributed by atoms with Gasteiger partial charge < -0.3 is 9.47 Å². The van der Waals surface area contributed by atoms with Gasteiger partial charge in [-0.1, -0.05) is 6.58 Å². The first-order valence-electron chi connectivity index (χ1n) is 4.64. The number of benzene rings is 1. The van der Waals surface area contributed by atoms with Gasteiger partial charge >= 0.3 is 13.2 Å². The first kappa shape index (κ1) is 14.0. The van der Waals surface area contributed by atoms with Gasteiger partial charge in [-0.3, -0.25) is 4.79 Å². The predicted molar refractivity (Wildman–Crippen MR) is 54.2 cm³/mol. The fourth-order valence-corrected chi connectivity index (χ4v) is 1.16. The van der Waals surface area contributed by atoms with Crippen LogP contribution in [0.3, 0.4) is 0 Å². The highest BCUT2D eigenvalue weighted by Crippen LogP contribution is 2.31. The van der Waals surface area contributed by atoms with Crippen molar-refractivity contribution in [2.75, 3.05) is 0 Å². The van der Waals surface area contributed by atoms with Gasteiger partial charge in [-0.25, -0.2) is 0 Å². The average Bonchev–Trinajstić information content (AvgIpc) is 2.29. The summed E-state index contributed by atoms with van der Waals surface area (Å²) in [6, 6.07) is 2.97. The molecule has 0 saturated carbocycles. The van der Waals surface area contributed by atoms with Crippen LogP contribution in [0.2, 0.25) is 0 Å². The molecule has 0 heterocycles. The lowest BCUT2D eigenvalue weighted by atomic mass is 10.1. The van der Waals surface area contributed by atoms with Crippen molar-refractivity contribution in [3.05, 3.63) is 36.4 Å². The second kappa shape index (κ2) is 6.04. The van der Waals surface area contributed by atoms with Crippen LogP contribution in [0.15, 0.2) is 30.9 Å². The number of rotatable bonds is 6. The molecule has 0 radical (unpaired) electrons. The van der Waals surface area contributed by atoms with Gasteiger partial charge in [0.15, 0.2) is 17.3 Å². The van der Waals surface area contributed by atoms with Crippen LogP contribution in [0, 0.1) is 0 Å². The zero-order valence-corrected chi connectivity index (χ0v) is 8.91. The summed E-state index contributed by atoms with van der Waals surface area (Å²) >= 11 is 0. The van der Waals surface area contributed by atoms with Gasteiger partial charge in [0.05, 0.1) is 0 Å². The van der Waals surface area contributed by atoms with Crippen molar-refractivity contribution >= 4 is 5.78 Å². The average molecular weight is 264 g/mol. The second-order valence-electron chi connectivity index (χ2n) is 2.99. The van der Waals surface area contributed by atoms with Crippen molar-refractivity contribution in [2.24, 2.45) is 0 Å². The van der Waals surface area contributed by atoms with Crippen LogP contribution < -0.4 is 9.47 Å². The molecule has 1 rings (SSSR count). The highest BCUT2D eigenvalue weighted by atomic mass is 19.3. The van der Waals surface area contributed by atoms with Crippen LogP contribution in [0.1, 0.15) is 10.4 Å². The molecule has 0 bridgehead atoms. The summed E-state index contributed by atoms with van der Waals surface area (Å²) in [6.07, 6.45) is 0.954. The predicted octanol–water partition coefficient (Wildman–Crippen LogP) is 3.26. The normalized spacial score (nSPS) is 10.6. The van der Waals surface area contributed by atoms with Crippen molar-refractivity contribution in [3.63, 3.8) is 0 Å². The van der Waals surface area contributed by atoms with Crippen molar-refractivity contribution in [1.82, 2.24) is 0 Å². The number of ether oxygens (including phenoxy) is 2. The maximum absolute atomic E-state index is 12.1. The molecule has 1 aromatic rings. The molecule has 0 saturated heterocycles. The van der Waals surface area contributed by atoms with Crippen LogP contribution in [0.5, 0.6) is 11.5 Å². The van der Waals surface area contributed by atoms with E-state index < -0.39 is 30.5 Å². The number of halogens is 4. The maximum atomic E-state index is 12.1. The number of carbonyl (C=O) groups excluding carboxylic acids is 1. The molecule has 0 fully saturated rings. The quantitative estimate of drug-likeness (QED) is 0.449. The number of alkyl halides is 4. The lowest BCUT2D eigenvalue weighted by Crippen LogP contribution is -2.08. The molecule has 0 unspecified atom stereocenters. The van der Waals surface area contributed by atoms with E-state index in [-0.39, 0.29) is 5.56 Å². The van der Waals surface area contributed by atoms with E-state index in [1.807, 2.05) is 0 Å². The highest BCUT2D eigenvalue weighted by Gasteiger charge is 2.16. The molecule has 0 atom stereocenters. The van der Waals surface area contributed by atoms with Gasteiger partial charge in [0.25, 0.3) is 0 Å². The van der Waals surface area contributed by atoms with Crippen molar-refractivity contribution in [2.45, 2.75) is 13.2 Å². The lowest BCUT2D eigenvalue weighted by molar-refractivity contribution is -0.0692. The monoisotopic (exact) mass is 264 g/mol. The molecule has 0 aliphatic heterocycles. The summed E-state index contributed by atoms with van der Waals surface area (Å²) in [6.45, 7) is -3.20. The maximum Gasteiger partial charge on any atom is 0.387 e. The number of hydrogen-bond acceptors (Lipinski definition) is 3. The third kappa shape index (κ3) is 3.76. The molecule has 98 valence electrons. The van der Waals surface area contributed by atoms with Gasteiger partial charge in [0.1, 0.15) is 0 Å². The zero-order chi connectivity index (χ0) is 13.7. The molecule has 1 aromatic carbocycles. The molecule has 0 aliphatic rings. The molecule has 18 heavy (non-hydrogen) atoms. The molecule has 0 N–H and O–H groups in total. The van der Waals surface area contributed by atoms with Crippen LogP contribution >= 0.6 is 0 Å². The van der Waals surface area contributed by atoms with Crippen LogP contribution in [0.25, 0.3) is 0 Å². The first-order chi connectivity index (χ1) is 8.43. The molecule has 0 spiro atoms. The Morgan fingerprint density at radius 3 is 2.17 bits per heavy atom. The fraction of sp³-hybridized carbons (Fsp3) is 0.182. The van der Waals surface area contributed by atoms with E-state index in [2.05, 4.69) is 16.1 Å². The van der Waals surface area contributed by atoms with Crippen molar-refractivity contribution < 1.29 is 31.8 Å². The van der Waals surface area contributed by atoms with Crippen LogP contribution in [-0.2, 0) is 0 Å². The number of ketones is 1. The van der Waals surface area contributed by atoms with E-state index in [9.17, 15) is 22.4 Å². The van der Waals surface area contributed by atoms with E-state index in [0.717, 1.165) is 24.3 Å². The molecular formula is C11H8F4O3. The van der Waals surface area contributed by atoms with E-state index in [1.165, 1.54) is 0 Å².